The molecule has 0 saturated heterocycles. The van der Waals surface area contributed by atoms with Crippen LogP contribution >= 0.6 is 7.82 Å². The summed E-state index contributed by atoms with van der Waals surface area (Å²) < 4.78 is 14.3. The van der Waals surface area contributed by atoms with Crippen molar-refractivity contribution in [3.8, 4) is 0 Å². The third-order valence-corrected chi connectivity index (χ3v) is 2.95. The van der Waals surface area contributed by atoms with Gasteiger partial charge < -0.3 is 20.7 Å². The van der Waals surface area contributed by atoms with Crippen LogP contribution in [-0.4, -0.2) is 39.0 Å². The van der Waals surface area contributed by atoms with Gasteiger partial charge in [-0.1, -0.05) is 12.8 Å². The number of nitrogens with two attached hydrogens (primary N) is 1. The van der Waals surface area contributed by atoms with Crippen molar-refractivity contribution in [2.75, 3.05) is 0 Å². The summed E-state index contributed by atoms with van der Waals surface area (Å²) in [5, 5.41) is 10.7. The van der Waals surface area contributed by atoms with E-state index >= 15 is 0 Å². The zero-order chi connectivity index (χ0) is 15.8. The molecule has 2 atom stereocenters. The van der Waals surface area contributed by atoms with E-state index in [0.717, 1.165) is 0 Å². The smallest absolute Gasteiger partial charge is 0.481 e. The number of unbranched alkanes of at least 4 members (excludes halogenated alkanes) is 2. The van der Waals surface area contributed by atoms with Crippen LogP contribution < -0.4 is 11.1 Å². The Balaban J connectivity index is 4.08. The number of amides is 1. The molecule has 0 radical (unpaired) electrons. The molecule has 0 aromatic heterocycles. The van der Waals surface area contributed by atoms with Gasteiger partial charge in [0.05, 0.1) is 0 Å². The van der Waals surface area contributed by atoms with E-state index in [2.05, 4.69) is 9.84 Å². The predicted molar refractivity (Wildman–Crippen MR) is 69.8 cm³/mol. The number of rotatable bonds is 9. The monoisotopic (exact) mass is 312 g/mol. The second-order valence-electron chi connectivity index (χ2n) is 4.47. The van der Waals surface area contributed by atoms with Crippen LogP contribution in [0.4, 0.5) is 4.79 Å². The zero-order valence-corrected chi connectivity index (χ0v) is 12.1. The number of nitrogens with one attached hydrogen (secondary N) is 1. The molecule has 0 aliphatic heterocycles. The van der Waals surface area contributed by atoms with Gasteiger partial charge in [-0.2, -0.15) is 0 Å². The summed E-state index contributed by atoms with van der Waals surface area (Å²) in [6, 6.07) is -0.933. The van der Waals surface area contributed by atoms with Gasteiger partial charge >= 0.3 is 19.9 Å². The summed E-state index contributed by atoms with van der Waals surface area (Å²) in [5.74, 6) is -0.864. The number of phosphoric acid groups is 1. The van der Waals surface area contributed by atoms with Gasteiger partial charge in [-0.05, 0) is 19.8 Å². The van der Waals surface area contributed by atoms with E-state index in [1.165, 1.54) is 0 Å². The quantitative estimate of drug-likeness (QED) is 0.305. The first kappa shape index (κ1) is 18.9. The maximum Gasteiger partial charge on any atom is 0.528 e. The highest BCUT2D eigenvalue weighted by molar-refractivity contribution is 7.46. The van der Waals surface area contributed by atoms with Crippen molar-refractivity contribution in [3.63, 3.8) is 0 Å². The van der Waals surface area contributed by atoms with Crippen molar-refractivity contribution < 1.29 is 33.6 Å². The minimum absolute atomic E-state index is 0.0799. The van der Waals surface area contributed by atoms with Crippen LogP contribution in [0.3, 0.4) is 0 Å². The van der Waals surface area contributed by atoms with Gasteiger partial charge in [-0.15, -0.1) is 0 Å². The standard InChI is InChI=1S/C10H21N2O7P/c1-7(11)8(5-3-2-4-6-9(13)14)12-10(15)19-20(16,17)18/h7-8H,2-6,11H2,1H3,(H,12,15)(H,13,14)(H2,16,17,18)/t7-,8-/m1/s1. The normalized spacial score (nSPS) is 14.4. The molecule has 0 aliphatic rings. The van der Waals surface area contributed by atoms with Crippen molar-refractivity contribution >= 4 is 19.9 Å². The molecule has 0 unspecified atom stereocenters. The van der Waals surface area contributed by atoms with Crippen molar-refractivity contribution in [2.45, 2.75) is 51.1 Å². The molecule has 1 amide bonds. The van der Waals surface area contributed by atoms with E-state index in [0.29, 0.717) is 25.7 Å². The molecular formula is C10H21N2O7P. The molecular weight excluding hydrogens is 291 g/mol. The number of aliphatic carboxylic acids is 1. The molecule has 0 rings (SSSR count). The van der Waals surface area contributed by atoms with Crippen molar-refractivity contribution in [3.05, 3.63) is 0 Å². The highest BCUT2D eigenvalue weighted by Crippen LogP contribution is 2.35. The molecule has 0 aliphatic carbocycles. The predicted octanol–water partition coefficient (Wildman–Crippen LogP) is 0.556. The van der Waals surface area contributed by atoms with Crippen LogP contribution in [0.15, 0.2) is 0 Å². The van der Waals surface area contributed by atoms with Gasteiger partial charge in [0.25, 0.3) is 0 Å². The van der Waals surface area contributed by atoms with E-state index < -0.39 is 32.0 Å². The molecule has 0 spiro atoms. The molecule has 6 N–H and O–H groups in total. The number of hydrogen-bond donors (Lipinski definition) is 5. The van der Waals surface area contributed by atoms with Gasteiger partial charge in [-0.3, -0.25) is 14.6 Å². The Kier molecular flexibility index (Phi) is 8.40. The molecule has 0 fully saturated rings. The lowest BCUT2D eigenvalue weighted by molar-refractivity contribution is -0.137. The van der Waals surface area contributed by atoms with E-state index in [-0.39, 0.29) is 6.42 Å². The minimum Gasteiger partial charge on any atom is -0.481 e. The van der Waals surface area contributed by atoms with Crippen molar-refractivity contribution in [2.24, 2.45) is 5.73 Å². The molecule has 0 bridgehead atoms. The summed E-state index contributed by atoms with van der Waals surface area (Å²) in [5.41, 5.74) is 5.65. The number of hydrogen-bond acceptors (Lipinski definition) is 5. The first-order valence-electron chi connectivity index (χ1n) is 6.15. The Morgan fingerprint density at radius 2 is 1.90 bits per heavy atom. The molecule has 0 saturated carbocycles. The van der Waals surface area contributed by atoms with Crippen molar-refractivity contribution in [1.82, 2.24) is 5.32 Å². The lowest BCUT2D eigenvalue weighted by Gasteiger charge is -2.21. The van der Waals surface area contributed by atoms with E-state index in [1.54, 1.807) is 6.92 Å². The maximum atomic E-state index is 11.2. The third-order valence-electron chi connectivity index (χ3n) is 2.55. The van der Waals surface area contributed by atoms with Gasteiger partial charge in [0, 0.05) is 18.5 Å². The summed E-state index contributed by atoms with van der Waals surface area (Å²) in [4.78, 5) is 38.5. The molecule has 0 heterocycles. The Labute approximate surface area is 116 Å². The van der Waals surface area contributed by atoms with Gasteiger partial charge in [0.2, 0.25) is 0 Å². The van der Waals surface area contributed by atoms with E-state index in [4.69, 9.17) is 20.6 Å². The fraction of sp³-hybridized carbons (Fsp3) is 0.800. The third kappa shape index (κ3) is 10.7. The number of phosphoric ester groups is 1. The fourth-order valence-electron chi connectivity index (χ4n) is 1.57. The Morgan fingerprint density at radius 3 is 2.35 bits per heavy atom. The Hall–Kier alpha value is -1.15. The van der Waals surface area contributed by atoms with Crippen LogP contribution in [0, 0.1) is 0 Å². The van der Waals surface area contributed by atoms with Crippen LogP contribution in [-0.2, 0) is 13.9 Å². The highest BCUT2D eigenvalue weighted by Gasteiger charge is 2.23. The average Bonchev–Trinajstić information content (AvgIpc) is 2.23. The first-order chi connectivity index (χ1) is 9.11. The highest BCUT2D eigenvalue weighted by atomic mass is 31.2. The molecule has 118 valence electrons. The summed E-state index contributed by atoms with van der Waals surface area (Å²) in [7, 11) is -4.87. The summed E-state index contributed by atoms with van der Waals surface area (Å²) >= 11 is 0. The second kappa shape index (κ2) is 8.91. The van der Waals surface area contributed by atoms with Crippen LogP contribution in [0.25, 0.3) is 0 Å². The number of carboxylic acid groups (broad SMARTS) is 1. The number of carboxylic acids is 1. The molecule has 0 aromatic carbocycles. The number of carbonyl (C=O) groups is 2. The molecule has 10 heteroatoms. The van der Waals surface area contributed by atoms with Crippen LogP contribution in [0.2, 0.25) is 0 Å². The van der Waals surface area contributed by atoms with Crippen molar-refractivity contribution in [1.29, 1.82) is 0 Å². The average molecular weight is 312 g/mol. The van der Waals surface area contributed by atoms with Crippen LogP contribution in [0.5, 0.6) is 0 Å². The van der Waals surface area contributed by atoms with E-state index in [1.807, 2.05) is 0 Å². The largest absolute Gasteiger partial charge is 0.528 e. The summed E-state index contributed by atoms with van der Waals surface area (Å²) in [6.45, 7) is 1.64. The van der Waals surface area contributed by atoms with Gasteiger partial charge in [0.15, 0.2) is 0 Å². The SMILES string of the molecule is C[C@@H](N)[C@@H](CCCCCC(=O)O)NC(=O)OP(=O)(O)O. The van der Waals surface area contributed by atoms with Crippen LogP contribution in [0.1, 0.15) is 39.0 Å². The topological polar surface area (TPSA) is 159 Å². The molecule has 9 nitrogen and oxygen atoms in total. The minimum atomic E-state index is -4.87. The lowest BCUT2D eigenvalue weighted by Crippen LogP contribution is -2.46. The second-order valence-corrected chi connectivity index (χ2v) is 5.64. The zero-order valence-electron chi connectivity index (χ0n) is 11.2. The Bertz CT molecular complexity index is 369. The fourth-order valence-corrected chi connectivity index (χ4v) is 1.84. The van der Waals surface area contributed by atoms with Gasteiger partial charge in [0.1, 0.15) is 0 Å². The molecule has 20 heavy (non-hydrogen) atoms. The maximum absolute atomic E-state index is 11.2. The van der Waals surface area contributed by atoms with E-state index in [9.17, 15) is 14.2 Å². The first-order valence-corrected chi connectivity index (χ1v) is 7.68. The number of carbonyl (C=O) groups excluding carboxylic acids is 1. The van der Waals surface area contributed by atoms with Gasteiger partial charge in [-0.25, -0.2) is 9.36 Å². The molecule has 0 aromatic rings. The lowest BCUT2D eigenvalue weighted by atomic mass is 10.0. The Morgan fingerprint density at radius 1 is 1.30 bits per heavy atom. The summed E-state index contributed by atoms with van der Waals surface area (Å²) in [6.07, 6.45) is 1.13.